The van der Waals surface area contributed by atoms with Crippen molar-refractivity contribution in [3.63, 3.8) is 0 Å². The van der Waals surface area contributed by atoms with Crippen LogP contribution in [0.5, 0.6) is 0 Å². The number of carbonyl (C=O) groups is 1. The van der Waals surface area contributed by atoms with Crippen LogP contribution in [0.4, 0.5) is 0 Å². The van der Waals surface area contributed by atoms with Crippen LogP contribution < -0.4 is 5.56 Å². The molecule has 3 rings (SSSR count). The number of oxime groups is 1. The average molecular weight is 390 g/mol. The van der Waals surface area contributed by atoms with E-state index in [2.05, 4.69) is 5.16 Å². The number of benzene rings is 2. The zero-order chi connectivity index (χ0) is 21.0. The highest BCUT2D eigenvalue weighted by Crippen LogP contribution is 2.32. The van der Waals surface area contributed by atoms with Crippen molar-refractivity contribution >= 4 is 11.7 Å². The van der Waals surface area contributed by atoms with Crippen LogP contribution >= 0.6 is 0 Å². The second kappa shape index (κ2) is 8.56. The largest absolute Gasteiger partial charge is 0.478 e. The van der Waals surface area contributed by atoms with Crippen LogP contribution in [0.1, 0.15) is 45.0 Å². The fourth-order valence-corrected chi connectivity index (χ4v) is 3.42. The summed E-state index contributed by atoms with van der Waals surface area (Å²) in [5, 5.41) is 22.4. The Balaban J connectivity index is 2.05. The van der Waals surface area contributed by atoms with Gasteiger partial charge in [0.25, 0.3) is 0 Å². The third-order valence-electron chi connectivity index (χ3n) is 5.06. The number of hydrogen-bond donors (Lipinski definition) is 2. The Bertz CT molecular complexity index is 1110. The van der Waals surface area contributed by atoms with Crippen LogP contribution in [0.25, 0.3) is 0 Å². The Morgan fingerprint density at radius 1 is 1.03 bits per heavy atom. The third-order valence-corrected chi connectivity index (χ3v) is 5.06. The van der Waals surface area contributed by atoms with E-state index >= 15 is 0 Å². The highest BCUT2D eigenvalue weighted by atomic mass is 16.4. The number of aryl methyl sites for hydroxylation is 2. The summed E-state index contributed by atoms with van der Waals surface area (Å²) in [5.41, 5.74) is 4.21. The zero-order valence-electron chi connectivity index (χ0n) is 16.2. The summed E-state index contributed by atoms with van der Waals surface area (Å²) >= 11 is 0. The predicted octanol–water partition coefficient (Wildman–Crippen LogP) is 3.79. The predicted molar refractivity (Wildman–Crippen MR) is 111 cm³/mol. The fraction of sp³-hybridized carbons (Fsp3) is 0.174. The molecule has 0 radical (unpaired) electrons. The van der Waals surface area contributed by atoms with Crippen LogP contribution in [0, 0.1) is 6.92 Å². The molecule has 6 nitrogen and oxygen atoms in total. The number of aromatic nitrogens is 1. The minimum atomic E-state index is -0.980. The number of pyridine rings is 1. The van der Waals surface area contributed by atoms with Crippen molar-refractivity contribution in [3.8, 4) is 0 Å². The topological polar surface area (TPSA) is 91.9 Å². The highest BCUT2D eigenvalue weighted by molar-refractivity contribution is 6.00. The van der Waals surface area contributed by atoms with Gasteiger partial charge in [-0.05, 0) is 41.8 Å². The van der Waals surface area contributed by atoms with Crippen LogP contribution in [0.15, 0.2) is 76.8 Å². The Morgan fingerprint density at radius 2 is 1.69 bits per heavy atom. The van der Waals surface area contributed by atoms with Crippen LogP contribution in [0.2, 0.25) is 0 Å². The van der Waals surface area contributed by atoms with Crippen LogP contribution in [0.3, 0.4) is 0 Å². The monoisotopic (exact) mass is 390 g/mol. The van der Waals surface area contributed by atoms with E-state index < -0.39 is 5.97 Å². The number of hydrogen-bond acceptors (Lipinski definition) is 4. The minimum Gasteiger partial charge on any atom is -0.478 e. The number of rotatable bonds is 6. The van der Waals surface area contributed by atoms with Gasteiger partial charge < -0.3 is 14.9 Å². The van der Waals surface area contributed by atoms with E-state index in [-0.39, 0.29) is 17.0 Å². The maximum absolute atomic E-state index is 11.7. The second-order valence-electron chi connectivity index (χ2n) is 6.95. The van der Waals surface area contributed by atoms with Gasteiger partial charge in [-0.1, -0.05) is 41.6 Å². The van der Waals surface area contributed by atoms with Gasteiger partial charge in [0.05, 0.1) is 11.3 Å². The Kier molecular flexibility index (Phi) is 5.93. The third kappa shape index (κ3) is 4.43. The molecule has 0 aliphatic carbocycles. The molecule has 0 aliphatic heterocycles. The normalized spacial score (nSPS) is 12.6. The van der Waals surface area contributed by atoms with E-state index in [0.29, 0.717) is 17.7 Å². The standard InChI is InChI=1S/C23H22N2O4/c1-15-5-3-4-6-19(15)20(16-7-9-17(10-8-16)23(27)28)13-21(24-29)18-11-12-22(26)25(2)14-18/h3-12,14,20,29H,13H2,1-2H3,(H,27,28). The van der Waals surface area contributed by atoms with Crippen LogP contribution in [-0.2, 0) is 7.05 Å². The minimum absolute atomic E-state index is 0.147. The molecule has 3 aromatic rings. The molecule has 1 heterocycles. The molecular formula is C23H22N2O4. The van der Waals surface area contributed by atoms with E-state index in [9.17, 15) is 19.9 Å². The molecule has 148 valence electrons. The molecule has 0 bridgehead atoms. The second-order valence-corrected chi connectivity index (χ2v) is 6.95. The number of carboxylic acid groups (broad SMARTS) is 1. The fourth-order valence-electron chi connectivity index (χ4n) is 3.42. The van der Waals surface area contributed by atoms with Crippen molar-refractivity contribution in [3.05, 3.63) is 105 Å². The Hall–Kier alpha value is -3.67. The van der Waals surface area contributed by atoms with Gasteiger partial charge in [0, 0.05) is 37.2 Å². The first kappa shape index (κ1) is 20.1. The lowest BCUT2D eigenvalue weighted by molar-refractivity contribution is 0.0697. The van der Waals surface area contributed by atoms with Crippen molar-refractivity contribution in [2.24, 2.45) is 12.2 Å². The zero-order valence-corrected chi connectivity index (χ0v) is 16.2. The Labute approximate surface area is 168 Å². The summed E-state index contributed by atoms with van der Waals surface area (Å²) in [4.78, 5) is 22.9. The molecule has 6 heteroatoms. The summed E-state index contributed by atoms with van der Waals surface area (Å²) in [5.74, 6) is -1.13. The first-order valence-electron chi connectivity index (χ1n) is 9.17. The van der Waals surface area contributed by atoms with E-state index in [1.54, 1.807) is 43.6 Å². The molecule has 2 N–H and O–H groups in total. The van der Waals surface area contributed by atoms with Crippen molar-refractivity contribution in [2.45, 2.75) is 19.3 Å². The lowest BCUT2D eigenvalue weighted by Gasteiger charge is -2.21. The molecule has 1 aromatic heterocycles. The summed E-state index contributed by atoms with van der Waals surface area (Å²) in [7, 11) is 1.64. The molecule has 0 aliphatic rings. The SMILES string of the molecule is Cc1ccccc1C(CC(=NO)c1ccc(=O)n(C)c1)c1ccc(C(=O)O)cc1. The molecule has 1 atom stereocenters. The van der Waals surface area contributed by atoms with Gasteiger partial charge >= 0.3 is 5.97 Å². The van der Waals surface area contributed by atoms with E-state index in [1.807, 2.05) is 31.2 Å². The number of carboxylic acids is 1. The van der Waals surface area contributed by atoms with Gasteiger partial charge in [-0.3, -0.25) is 4.79 Å². The van der Waals surface area contributed by atoms with Crippen molar-refractivity contribution in [2.75, 3.05) is 0 Å². The van der Waals surface area contributed by atoms with Gasteiger partial charge in [0.1, 0.15) is 0 Å². The van der Waals surface area contributed by atoms with Crippen molar-refractivity contribution < 1.29 is 15.1 Å². The maximum Gasteiger partial charge on any atom is 0.335 e. The van der Waals surface area contributed by atoms with Gasteiger partial charge in [-0.25, -0.2) is 4.79 Å². The molecule has 0 saturated heterocycles. The molecule has 0 saturated carbocycles. The van der Waals surface area contributed by atoms with Gasteiger partial charge in [0.2, 0.25) is 5.56 Å². The van der Waals surface area contributed by atoms with E-state index in [0.717, 1.165) is 16.7 Å². The quantitative estimate of drug-likeness (QED) is 0.380. The summed E-state index contributed by atoms with van der Waals surface area (Å²) < 4.78 is 1.44. The lowest BCUT2D eigenvalue weighted by Crippen LogP contribution is -2.18. The first-order chi connectivity index (χ1) is 13.9. The summed E-state index contributed by atoms with van der Waals surface area (Å²) in [6, 6.07) is 17.7. The van der Waals surface area contributed by atoms with E-state index in [1.165, 1.54) is 10.6 Å². The van der Waals surface area contributed by atoms with Crippen molar-refractivity contribution in [1.82, 2.24) is 4.57 Å². The summed E-state index contributed by atoms with van der Waals surface area (Å²) in [6.07, 6.45) is 2.02. The highest BCUT2D eigenvalue weighted by Gasteiger charge is 2.21. The maximum atomic E-state index is 11.7. The average Bonchev–Trinajstić information content (AvgIpc) is 2.72. The molecule has 0 amide bonds. The number of aromatic carboxylic acids is 1. The lowest BCUT2D eigenvalue weighted by atomic mass is 9.83. The van der Waals surface area contributed by atoms with Crippen molar-refractivity contribution in [1.29, 1.82) is 0 Å². The molecular weight excluding hydrogens is 368 g/mol. The molecule has 1 unspecified atom stereocenters. The summed E-state index contributed by atoms with van der Waals surface area (Å²) in [6.45, 7) is 2.01. The first-order valence-corrected chi connectivity index (χ1v) is 9.17. The molecule has 29 heavy (non-hydrogen) atoms. The molecule has 0 spiro atoms. The molecule has 2 aromatic carbocycles. The van der Waals surface area contributed by atoms with Gasteiger partial charge in [-0.15, -0.1) is 0 Å². The molecule has 0 fully saturated rings. The number of nitrogens with zero attached hydrogens (tertiary/aromatic N) is 2. The van der Waals surface area contributed by atoms with Crippen LogP contribution in [-0.4, -0.2) is 26.6 Å². The smallest absolute Gasteiger partial charge is 0.335 e. The Morgan fingerprint density at radius 3 is 2.28 bits per heavy atom. The van der Waals surface area contributed by atoms with Gasteiger partial charge in [0.15, 0.2) is 0 Å². The van der Waals surface area contributed by atoms with Gasteiger partial charge in [-0.2, -0.15) is 0 Å². The van der Waals surface area contributed by atoms with E-state index in [4.69, 9.17) is 0 Å².